The van der Waals surface area contributed by atoms with E-state index in [0.717, 1.165) is 12.8 Å². The minimum atomic E-state index is -3.70. The van der Waals surface area contributed by atoms with Crippen molar-refractivity contribution in [2.45, 2.75) is 42.7 Å². The first-order valence-corrected chi connectivity index (χ1v) is 10.2. The van der Waals surface area contributed by atoms with E-state index in [1.807, 2.05) is 0 Å². The zero-order chi connectivity index (χ0) is 19.3. The van der Waals surface area contributed by atoms with E-state index in [1.54, 1.807) is 30.7 Å². The van der Waals surface area contributed by atoms with Crippen molar-refractivity contribution < 1.29 is 22.6 Å². The number of ether oxygens (including phenoxy) is 3. The minimum Gasteiger partial charge on any atom is -0.497 e. The zero-order valence-electron chi connectivity index (χ0n) is 15.3. The van der Waals surface area contributed by atoms with Crippen LogP contribution < -0.4 is 18.9 Å². The third-order valence-corrected chi connectivity index (χ3v) is 6.04. The number of hydrogen-bond acceptors (Lipinski definition) is 7. The maximum absolute atomic E-state index is 12.8. The van der Waals surface area contributed by atoms with Crippen LogP contribution in [0.15, 0.2) is 41.7 Å². The van der Waals surface area contributed by atoms with Gasteiger partial charge in [-0.3, -0.25) is 4.98 Å². The van der Waals surface area contributed by atoms with Gasteiger partial charge in [-0.25, -0.2) is 18.1 Å². The summed E-state index contributed by atoms with van der Waals surface area (Å²) in [6.07, 6.45) is 7.60. The highest BCUT2D eigenvalue weighted by molar-refractivity contribution is 7.89. The van der Waals surface area contributed by atoms with Crippen LogP contribution in [0, 0.1) is 0 Å². The number of benzene rings is 1. The summed E-state index contributed by atoms with van der Waals surface area (Å²) in [7, 11) is -0.748. The standard InChI is InChI=1S/C18H23N3O5S/c1-24-15-7-8-17(16(11-15)25-2)27(22,23)21-13-3-5-14(6-4-13)26-18-12-19-9-10-20-18/h7-14,21H,3-6H2,1-2H3. The van der Waals surface area contributed by atoms with Gasteiger partial charge in [-0.1, -0.05) is 0 Å². The second-order valence-electron chi connectivity index (χ2n) is 6.27. The average Bonchev–Trinajstić information content (AvgIpc) is 2.69. The number of sulfonamides is 1. The third kappa shape index (κ3) is 4.86. The zero-order valence-corrected chi connectivity index (χ0v) is 16.1. The predicted molar refractivity (Wildman–Crippen MR) is 98.6 cm³/mol. The molecule has 1 fully saturated rings. The van der Waals surface area contributed by atoms with Crippen molar-refractivity contribution in [3.05, 3.63) is 36.8 Å². The van der Waals surface area contributed by atoms with Gasteiger partial charge < -0.3 is 14.2 Å². The van der Waals surface area contributed by atoms with Crippen molar-refractivity contribution in [3.63, 3.8) is 0 Å². The molecule has 0 amide bonds. The molecular weight excluding hydrogens is 370 g/mol. The molecule has 0 unspecified atom stereocenters. The second-order valence-corrected chi connectivity index (χ2v) is 7.96. The number of methoxy groups -OCH3 is 2. The Bertz CT molecular complexity index is 853. The highest BCUT2D eigenvalue weighted by atomic mass is 32.2. The fourth-order valence-corrected chi connectivity index (χ4v) is 4.55. The lowest BCUT2D eigenvalue weighted by Gasteiger charge is -2.29. The van der Waals surface area contributed by atoms with E-state index in [-0.39, 0.29) is 22.8 Å². The quantitative estimate of drug-likeness (QED) is 0.769. The van der Waals surface area contributed by atoms with Crippen LogP contribution in [-0.4, -0.2) is 44.8 Å². The van der Waals surface area contributed by atoms with Gasteiger partial charge in [0.15, 0.2) is 0 Å². The molecule has 0 atom stereocenters. The van der Waals surface area contributed by atoms with Crippen molar-refractivity contribution in [3.8, 4) is 17.4 Å². The van der Waals surface area contributed by atoms with Gasteiger partial charge in [0.2, 0.25) is 15.9 Å². The molecule has 1 aliphatic carbocycles. The first-order valence-electron chi connectivity index (χ1n) is 8.69. The van der Waals surface area contributed by atoms with Crippen LogP contribution in [0.2, 0.25) is 0 Å². The molecule has 9 heteroatoms. The summed E-state index contributed by atoms with van der Waals surface area (Å²) in [5, 5.41) is 0. The molecule has 146 valence electrons. The molecule has 27 heavy (non-hydrogen) atoms. The van der Waals surface area contributed by atoms with Gasteiger partial charge in [-0.2, -0.15) is 0 Å². The van der Waals surface area contributed by atoms with Gasteiger partial charge in [-0.15, -0.1) is 0 Å². The fourth-order valence-electron chi connectivity index (χ4n) is 3.10. The van der Waals surface area contributed by atoms with Crippen LogP contribution >= 0.6 is 0 Å². The van der Waals surface area contributed by atoms with Crippen molar-refractivity contribution in [1.29, 1.82) is 0 Å². The maximum atomic E-state index is 12.8. The van der Waals surface area contributed by atoms with Gasteiger partial charge >= 0.3 is 0 Å². The smallest absolute Gasteiger partial charge is 0.244 e. The van der Waals surface area contributed by atoms with Gasteiger partial charge in [-0.05, 0) is 37.8 Å². The van der Waals surface area contributed by atoms with E-state index in [2.05, 4.69) is 14.7 Å². The Hall–Kier alpha value is -2.39. The Labute approximate surface area is 158 Å². The summed E-state index contributed by atoms with van der Waals surface area (Å²) in [5.74, 6) is 1.28. The van der Waals surface area contributed by atoms with Crippen molar-refractivity contribution >= 4 is 10.0 Å². The van der Waals surface area contributed by atoms with Crippen LogP contribution in [0.4, 0.5) is 0 Å². The molecule has 0 radical (unpaired) electrons. The molecule has 2 aromatic rings. The van der Waals surface area contributed by atoms with Gasteiger partial charge in [0.05, 0.1) is 20.4 Å². The highest BCUT2D eigenvalue weighted by Crippen LogP contribution is 2.30. The number of hydrogen-bond donors (Lipinski definition) is 1. The number of nitrogens with one attached hydrogen (secondary N) is 1. The first-order chi connectivity index (χ1) is 13.0. The Kier molecular flexibility index (Phi) is 6.12. The molecule has 0 spiro atoms. The molecule has 1 aromatic carbocycles. The number of aromatic nitrogens is 2. The largest absolute Gasteiger partial charge is 0.497 e. The summed E-state index contributed by atoms with van der Waals surface area (Å²) in [6.45, 7) is 0. The van der Waals surface area contributed by atoms with Crippen LogP contribution in [0.25, 0.3) is 0 Å². The molecule has 8 nitrogen and oxygen atoms in total. The SMILES string of the molecule is COc1ccc(S(=O)(=O)NC2CCC(Oc3cnccn3)CC2)c(OC)c1. The highest BCUT2D eigenvalue weighted by Gasteiger charge is 2.28. The lowest BCUT2D eigenvalue weighted by atomic mass is 9.94. The molecule has 1 N–H and O–H groups in total. The normalized spacial score (nSPS) is 20.1. The van der Waals surface area contributed by atoms with Crippen molar-refractivity contribution in [2.24, 2.45) is 0 Å². The van der Waals surface area contributed by atoms with E-state index in [4.69, 9.17) is 14.2 Å². The summed E-state index contributed by atoms with van der Waals surface area (Å²) in [5.41, 5.74) is 0. The van der Waals surface area contributed by atoms with Crippen LogP contribution in [0.1, 0.15) is 25.7 Å². The lowest BCUT2D eigenvalue weighted by molar-refractivity contribution is 0.138. The van der Waals surface area contributed by atoms with Crippen molar-refractivity contribution in [1.82, 2.24) is 14.7 Å². The Balaban J connectivity index is 1.61. The third-order valence-electron chi connectivity index (χ3n) is 4.48. The Morgan fingerprint density at radius 2 is 1.85 bits per heavy atom. The molecule has 1 heterocycles. The summed E-state index contributed by atoms with van der Waals surface area (Å²) in [6, 6.07) is 4.50. The molecule has 0 bridgehead atoms. The van der Waals surface area contributed by atoms with Crippen LogP contribution in [-0.2, 0) is 10.0 Å². The van der Waals surface area contributed by atoms with E-state index in [0.29, 0.717) is 24.5 Å². The molecule has 3 rings (SSSR count). The maximum Gasteiger partial charge on any atom is 0.244 e. The topological polar surface area (TPSA) is 99.6 Å². The monoisotopic (exact) mass is 393 g/mol. The average molecular weight is 393 g/mol. The summed E-state index contributed by atoms with van der Waals surface area (Å²) < 4.78 is 44.4. The van der Waals surface area contributed by atoms with E-state index in [1.165, 1.54) is 20.3 Å². The fraction of sp³-hybridized carbons (Fsp3) is 0.444. The van der Waals surface area contributed by atoms with Gasteiger partial charge in [0.25, 0.3) is 0 Å². The van der Waals surface area contributed by atoms with Crippen LogP contribution in [0.3, 0.4) is 0 Å². The molecular formula is C18H23N3O5S. The van der Waals surface area contributed by atoms with E-state index in [9.17, 15) is 8.42 Å². The predicted octanol–water partition coefficient (Wildman–Crippen LogP) is 2.16. The van der Waals surface area contributed by atoms with Gasteiger partial charge in [0, 0.05) is 24.5 Å². The Morgan fingerprint density at radius 3 is 2.48 bits per heavy atom. The minimum absolute atomic E-state index is 0.0120. The molecule has 1 aliphatic rings. The number of rotatable bonds is 7. The first kappa shape index (κ1) is 19.4. The summed E-state index contributed by atoms with van der Waals surface area (Å²) in [4.78, 5) is 8.18. The Morgan fingerprint density at radius 1 is 1.07 bits per heavy atom. The van der Waals surface area contributed by atoms with Crippen molar-refractivity contribution in [2.75, 3.05) is 14.2 Å². The second kappa shape index (κ2) is 8.53. The van der Waals surface area contributed by atoms with E-state index >= 15 is 0 Å². The van der Waals surface area contributed by atoms with Gasteiger partial charge in [0.1, 0.15) is 22.5 Å². The van der Waals surface area contributed by atoms with Crippen LogP contribution in [0.5, 0.6) is 17.4 Å². The lowest BCUT2D eigenvalue weighted by Crippen LogP contribution is -2.39. The molecule has 1 aromatic heterocycles. The number of nitrogens with zero attached hydrogens (tertiary/aromatic N) is 2. The molecule has 0 saturated heterocycles. The summed E-state index contributed by atoms with van der Waals surface area (Å²) >= 11 is 0. The molecule has 1 saturated carbocycles. The van der Waals surface area contributed by atoms with E-state index < -0.39 is 10.0 Å². The molecule has 0 aliphatic heterocycles.